The third-order valence-corrected chi connectivity index (χ3v) is 7.92. The van der Waals surface area contributed by atoms with E-state index in [9.17, 15) is 13.5 Å². The van der Waals surface area contributed by atoms with Gasteiger partial charge in [0.25, 0.3) is 6.02 Å². The number of ether oxygens (including phenoxy) is 1. The molecule has 0 bridgehead atoms. The minimum absolute atomic E-state index is 0.0967. The molecule has 1 aliphatic heterocycles. The van der Waals surface area contributed by atoms with Crippen molar-refractivity contribution < 1.29 is 18.3 Å². The van der Waals surface area contributed by atoms with Crippen LogP contribution in [-0.4, -0.2) is 31.8 Å². The maximum Gasteiger partial charge on any atom is 0.299 e. The molecule has 178 valence electrons. The van der Waals surface area contributed by atoms with Crippen molar-refractivity contribution in [1.82, 2.24) is 4.72 Å². The molecule has 2 unspecified atom stereocenters. The number of halogens is 1. The van der Waals surface area contributed by atoms with E-state index >= 15 is 0 Å². The molecular formula is C26H27ClN2O4S. The summed E-state index contributed by atoms with van der Waals surface area (Å²) in [6.07, 6.45) is 0.291. The van der Waals surface area contributed by atoms with Crippen LogP contribution in [0.15, 0.2) is 83.9 Å². The first-order valence-corrected chi connectivity index (χ1v) is 12.9. The largest absolute Gasteiger partial charge is 0.457 e. The molecular weight excluding hydrogens is 472 g/mol. The second kappa shape index (κ2) is 9.78. The summed E-state index contributed by atoms with van der Waals surface area (Å²) in [6, 6.07) is 23.8. The number of aliphatic hydroxyl groups is 1. The molecule has 0 radical (unpaired) electrons. The predicted octanol–water partition coefficient (Wildman–Crippen LogP) is 5.26. The Labute approximate surface area is 205 Å². The molecule has 3 aromatic rings. The third-order valence-electron chi connectivity index (χ3n) is 5.76. The fourth-order valence-electron chi connectivity index (χ4n) is 4.28. The number of sulfonamides is 1. The van der Waals surface area contributed by atoms with E-state index < -0.39 is 26.9 Å². The highest BCUT2D eigenvalue weighted by Gasteiger charge is 2.48. The lowest BCUT2D eigenvalue weighted by atomic mass is 9.95. The summed E-state index contributed by atoms with van der Waals surface area (Å²) in [7, 11) is -3.86. The van der Waals surface area contributed by atoms with Crippen molar-refractivity contribution in [1.29, 1.82) is 0 Å². The van der Waals surface area contributed by atoms with Crippen LogP contribution in [0.3, 0.4) is 0 Å². The molecule has 0 spiro atoms. The van der Waals surface area contributed by atoms with Gasteiger partial charge in [0.05, 0.1) is 6.04 Å². The van der Waals surface area contributed by atoms with E-state index in [0.29, 0.717) is 17.0 Å². The number of aliphatic hydroxyl groups excluding tert-OH is 1. The van der Waals surface area contributed by atoms with Crippen molar-refractivity contribution in [3.05, 3.63) is 95.0 Å². The molecule has 8 heteroatoms. The summed E-state index contributed by atoms with van der Waals surface area (Å²) in [5.74, 6) is 0. The van der Waals surface area contributed by atoms with Gasteiger partial charge in [0.1, 0.15) is 10.9 Å². The Balaban J connectivity index is 1.63. The van der Waals surface area contributed by atoms with Crippen LogP contribution in [0.2, 0.25) is 5.02 Å². The first-order valence-electron chi connectivity index (χ1n) is 11.0. The van der Waals surface area contributed by atoms with Crippen molar-refractivity contribution in [3.8, 4) is 11.1 Å². The van der Waals surface area contributed by atoms with Crippen LogP contribution in [0.25, 0.3) is 11.1 Å². The molecule has 0 saturated carbocycles. The van der Waals surface area contributed by atoms with Crippen LogP contribution < -0.4 is 4.72 Å². The van der Waals surface area contributed by atoms with Crippen LogP contribution >= 0.6 is 11.6 Å². The van der Waals surface area contributed by atoms with Crippen molar-refractivity contribution >= 4 is 27.6 Å². The summed E-state index contributed by atoms with van der Waals surface area (Å²) >= 11 is 6.11. The first kappa shape index (κ1) is 24.3. The van der Waals surface area contributed by atoms with Gasteiger partial charge in [-0.2, -0.15) is 0 Å². The van der Waals surface area contributed by atoms with Gasteiger partial charge in [-0.3, -0.25) is 0 Å². The summed E-state index contributed by atoms with van der Waals surface area (Å²) in [6.45, 7) is 3.34. The highest BCUT2D eigenvalue weighted by molar-refractivity contribution is 7.90. The van der Waals surface area contributed by atoms with E-state index in [1.54, 1.807) is 32.0 Å². The zero-order chi connectivity index (χ0) is 24.3. The van der Waals surface area contributed by atoms with E-state index in [1.807, 2.05) is 60.7 Å². The minimum atomic E-state index is -3.86. The van der Waals surface area contributed by atoms with E-state index in [-0.39, 0.29) is 12.6 Å². The van der Waals surface area contributed by atoms with Gasteiger partial charge in [-0.05, 0) is 54.7 Å². The number of nitrogens with zero attached hydrogens (tertiary/aromatic N) is 1. The predicted molar refractivity (Wildman–Crippen MR) is 135 cm³/mol. The zero-order valence-electron chi connectivity index (χ0n) is 19.0. The highest BCUT2D eigenvalue weighted by Crippen LogP contribution is 2.39. The highest BCUT2D eigenvalue weighted by atomic mass is 35.5. The number of rotatable bonds is 6. The zero-order valence-corrected chi connectivity index (χ0v) is 20.6. The van der Waals surface area contributed by atoms with E-state index in [4.69, 9.17) is 16.3 Å². The molecule has 3 aromatic carbocycles. The Morgan fingerprint density at radius 3 is 2.32 bits per heavy atom. The fraction of sp³-hybridized carbons (Fsp3) is 0.269. The van der Waals surface area contributed by atoms with Gasteiger partial charge in [0.15, 0.2) is 0 Å². The Hall–Kier alpha value is -2.87. The van der Waals surface area contributed by atoms with Crippen molar-refractivity contribution in [2.45, 2.75) is 37.2 Å². The summed E-state index contributed by atoms with van der Waals surface area (Å²) in [5.41, 5.74) is 2.35. The average molecular weight is 499 g/mol. The van der Waals surface area contributed by atoms with Crippen LogP contribution in [-0.2, 0) is 14.8 Å². The Morgan fingerprint density at radius 1 is 1.03 bits per heavy atom. The maximum absolute atomic E-state index is 13.4. The lowest BCUT2D eigenvalue weighted by Crippen LogP contribution is -2.53. The van der Waals surface area contributed by atoms with Gasteiger partial charge in [0.2, 0.25) is 10.0 Å². The summed E-state index contributed by atoms with van der Waals surface area (Å²) in [4.78, 5) is 4.50. The lowest BCUT2D eigenvalue weighted by Gasteiger charge is -2.39. The maximum atomic E-state index is 13.4. The van der Waals surface area contributed by atoms with Gasteiger partial charge in [-0.25, -0.2) is 18.1 Å². The van der Waals surface area contributed by atoms with E-state index in [1.165, 1.54) is 0 Å². The van der Waals surface area contributed by atoms with E-state index in [0.717, 1.165) is 16.7 Å². The number of benzene rings is 3. The van der Waals surface area contributed by atoms with Crippen LogP contribution in [0, 0.1) is 0 Å². The number of amidine groups is 1. The fourth-order valence-corrected chi connectivity index (χ4v) is 6.24. The molecule has 6 nitrogen and oxygen atoms in total. The van der Waals surface area contributed by atoms with Gasteiger partial charge in [-0.1, -0.05) is 78.3 Å². The Morgan fingerprint density at radius 2 is 1.71 bits per heavy atom. The molecule has 0 amide bonds. The minimum Gasteiger partial charge on any atom is -0.457 e. The van der Waals surface area contributed by atoms with Crippen molar-refractivity contribution in [3.63, 3.8) is 0 Å². The number of hydrogen-bond donors (Lipinski definition) is 2. The second-order valence-corrected chi connectivity index (χ2v) is 10.9. The van der Waals surface area contributed by atoms with Gasteiger partial charge >= 0.3 is 0 Å². The molecule has 1 saturated heterocycles. The third kappa shape index (κ3) is 5.27. The van der Waals surface area contributed by atoms with Crippen molar-refractivity contribution in [2.24, 2.45) is 4.99 Å². The topological polar surface area (TPSA) is 88.0 Å². The van der Waals surface area contributed by atoms with Crippen LogP contribution in [0.5, 0.6) is 0 Å². The molecule has 0 aliphatic carbocycles. The van der Waals surface area contributed by atoms with Crippen molar-refractivity contribution in [2.75, 3.05) is 6.61 Å². The number of hydrogen-bond acceptors (Lipinski definition) is 5. The molecule has 1 aliphatic rings. The number of nitrogens with one attached hydrogen (secondary N) is 1. The number of aliphatic imine (C=N–C) groups is 1. The van der Waals surface area contributed by atoms with Gasteiger partial charge in [0, 0.05) is 11.6 Å². The van der Waals surface area contributed by atoms with Gasteiger partial charge < -0.3 is 9.84 Å². The van der Waals surface area contributed by atoms with E-state index in [2.05, 4.69) is 9.71 Å². The Kier molecular flexibility index (Phi) is 6.98. The molecule has 4 rings (SSSR count). The molecule has 0 aromatic heterocycles. The smallest absolute Gasteiger partial charge is 0.299 e. The molecule has 34 heavy (non-hydrogen) atoms. The molecule has 1 fully saturated rings. The monoisotopic (exact) mass is 498 g/mol. The molecule has 2 atom stereocenters. The Bertz CT molecular complexity index is 1280. The van der Waals surface area contributed by atoms with Crippen LogP contribution in [0.1, 0.15) is 42.7 Å². The normalized spacial score (nSPS) is 20.8. The summed E-state index contributed by atoms with van der Waals surface area (Å²) < 4.78 is 35.3. The van der Waals surface area contributed by atoms with Gasteiger partial charge in [-0.15, -0.1) is 0 Å². The quantitative estimate of drug-likeness (QED) is 0.485. The lowest BCUT2D eigenvalue weighted by molar-refractivity contribution is 0.0759. The van der Waals surface area contributed by atoms with Crippen LogP contribution in [0.4, 0.5) is 0 Å². The first-order chi connectivity index (χ1) is 16.2. The standard InChI is InChI=1S/C26H27ClN2O4S/c1-26(2)24(20-13-11-19(12-14-20)18-7-4-3-5-8-18)34(31,32)29-25(33-26)28-23(15-16-30)21-9-6-10-22(27)17-21/h3-14,17,23-24,30H,15-16H2,1-2H3,(H,28,29). The molecule has 1 heterocycles. The average Bonchev–Trinajstić information content (AvgIpc) is 2.78. The second-order valence-electron chi connectivity index (χ2n) is 8.74. The summed E-state index contributed by atoms with van der Waals surface area (Å²) in [5, 5.41) is 9.11. The SMILES string of the molecule is CC1(C)OC(=NC(CCO)c2cccc(Cl)c2)NS(=O)(=O)C1c1ccc(-c2ccccc2)cc1. The molecule has 2 N–H and O–H groups in total.